The van der Waals surface area contributed by atoms with E-state index in [0.29, 0.717) is 11.0 Å². The van der Waals surface area contributed by atoms with Crippen molar-refractivity contribution in [3.05, 3.63) is 52.7 Å². The first-order valence-electron chi connectivity index (χ1n) is 4.77. The van der Waals surface area contributed by atoms with E-state index in [2.05, 4.69) is 6.07 Å². The minimum absolute atomic E-state index is 0.493. The van der Waals surface area contributed by atoms with E-state index >= 15 is 0 Å². The number of ether oxygens (including phenoxy) is 1. The van der Waals surface area contributed by atoms with E-state index in [4.69, 9.17) is 20.8 Å². The van der Waals surface area contributed by atoms with Crippen molar-refractivity contribution >= 4 is 23.8 Å². The third-order valence-electron chi connectivity index (χ3n) is 2.08. The number of rotatable bonds is 3. The molecule has 0 aliphatic heterocycles. The Kier molecular flexibility index (Phi) is 3.32. The molecule has 1 radical (unpaired) electrons. The summed E-state index contributed by atoms with van der Waals surface area (Å²) in [5.74, 6) is 1.22. The number of halogens is 1. The Hall–Kier alpha value is -1.67. The van der Waals surface area contributed by atoms with Gasteiger partial charge in [-0.1, -0.05) is 23.7 Å². The number of benzene rings is 1. The van der Waals surface area contributed by atoms with Crippen LogP contribution in [0.5, 0.6) is 5.95 Å². The third-order valence-corrected chi connectivity index (χ3v) is 2.40. The van der Waals surface area contributed by atoms with Gasteiger partial charge in [0.1, 0.15) is 5.76 Å². The highest BCUT2D eigenvalue weighted by atomic mass is 35.5. The molecule has 3 heteroatoms. The molecule has 0 atom stereocenters. The summed E-state index contributed by atoms with van der Waals surface area (Å²) in [6, 6.07) is 11.9. The van der Waals surface area contributed by atoms with Crippen LogP contribution < -0.4 is 4.74 Å². The average molecular weight is 234 g/mol. The summed E-state index contributed by atoms with van der Waals surface area (Å²) in [5, 5.41) is 0.664. The van der Waals surface area contributed by atoms with Crippen molar-refractivity contribution in [3.8, 4) is 5.95 Å². The first-order valence-corrected chi connectivity index (χ1v) is 5.15. The SMILES string of the molecule is COc1ccc(C=Cc2cc[c]cc2Cl)o1. The Morgan fingerprint density at radius 3 is 2.88 bits per heavy atom. The second kappa shape index (κ2) is 4.90. The van der Waals surface area contributed by atoms with Crippen LogP contribution in [0.25, 0.3) is 12.2 Å². The van der Waals surface area contributed by atoms with Crippen LogP contribution in [0.4, 0.5) is 0 Å². The summed E-state index contributed by atoms with van der Waals surface area (Å²) in [7, 11) is 1.57. The maximum atomic E-state index is 5.99. The zero-order chi connectivity index (χ0) is 11.4. The van der Waals surface area contributed by atoms with Gasteiger partial charge in [-0.25, -0.2) is 0 Å². The van der Waals surface area contributed by atoms with Gasteiger partial charge < -0.3 is 9.15 Å². The molecule has 1 heterocycles. The van der Waals surface area contributed by atoms with E-state index in [0.717, 1.165) is 11.3 Å². The standard InChI is InChI=1S/C13H10ClO2/c1-15-13-9-8-11(16-13)7-6-10-4-2-3-5-12(10)14/h2,4-9H,1H3. The fourth-order valence-corrected chi connectivity index (χ4v) is 1.45. The van der Waals surface area contributed by atoms with Crippen LogP contribution in [-0.2, 0) is 0 Å². The molecule has 0 spiro atoms. The van der Waals surface area contributed by atoms with Crippen molar-refractivity contribution in [1.82, 2.24) is 0 Å². The van der Waals surface area contributed by atoms with Crippen molar-refractivity contribution in [3.63, 3.8) is 0 Å². The zero-order valence-corrected chi connectivity index (χ0v) is 9.49. The molecule has 0 fully saturated rings. The van der Waals surface area contributed by atoms with E-state index in [1.165, 1.54) is 0 Å². The number of hydrogen-bond acceptors (Lipinski definition) is 2. The van der Waals surface area contributed by atoms with Crippen LogP contribution >= 0.6 is 11.6 Å². The van der Waals surface area contributed by atoms with Crippen LogP contribution in [0, 0.1) is 6.07 Å². The van der Waals surface area contributed by atoms with Crippen molar-refractivity contribution in [2.75, 3.05) is 7.11 Å². The van der Waals surface area contributed by atoms with Gasteiger partial charge in [0.05, 0.1) is 7.11 Å². The second-order valence-electron chi connectivity index (χ2n) is 3.14. The lowest BCUT2D eigenvalue weighted by atomic mass is 10.2. The van der Waals surface area contributed by atoms with Gasteiger partial charge in [0.25, 0.3) is 5.95 Å². The Morgan fingerprint density at radius 1 is 1.31 bits per heavy atom. The molecule has 0 aliphatic rings. The Morgan fingerprint density at radius 2 is 2.19 bits per heavy atom. The van der Waals surface area contributed by atoms with Gasteiger partial charge in [-0.3, -0.25) is 0 Å². The predicted molar refractivity (Wildman–Crippen MR) is 64.5 cm³/mol. The van der Waals surface area contributed by atoms with E-state index in [1.807, 2.05) is 30.4 Å². The van der Waals surface area contributed by atoms with Gasteiger partial charge in [-0.2, -0.15) is 0 Å². The van der Waals surface area contributed by atoms with Crippen molar-refractivity contribution in [1.29, 1.82) is 0 Å². The molecule has 0 saturated heterocycles. The maximum absolute atomic E-state index is 5.99. The molecular weight excluding hydrogens is 224 g/mol. The molecule has 0 N–H and O–H groups in total. The summed E-state index contributed by atoms with van der Waals surface area (Å²) >= 11 is 5.99. The molecular formula is C13H10ClO2. The van der Waals surface area contributed by atoms with Gasteiger partial charge in [-0.05, 0) is 35.9 Å². The van der Waals surface area contributed by atoms with Crippen LogP contribution in [0.2, 0.25) is 5.02 Å². The Labute approximate surface area is 99.1 Å². The summed E-state index contributed by atoms with van der Waals surface area (Å²) < 4.78 is 10.3. The lowest BCUT2D eigenvalue weighted by Crippen LogP contribution is -1.75. The summed E-state index contributed by atoms with van der Waals surface area (Å²) in [6.07, 6.45) is 3.72. The van der Waals surface area contributed by atoms with E-state index in [9.17, 15) is 0 Å². The summed E-state index contributed by atoms with van der Waals surface area (Å²) in [5.41, 5.74) is 0.927. The zero-order valence-electron chi connectivity index (χ0n) is 8.74. The molecule has 0 saturated carbocycles. The molecule has 2 nitrogen and oxygen atoms in total. The lowest BCUT2D eigenvalue weighted by Gasteiger charge is -1.95. The molecule has 81 valence electrons. The van der Waals surface area contributed by atoms with E-state index < -0.39 is 0 Å². The third kappa shape index (κ3) is 2.47. The van der Waals surface area contributed by atoms with Crippen LogP contribution in [0.1, 0.15) is 11.3 Å². The average Bonchev–Trinajstić information content (AvgIpc) is 2.76. The number of methoxy groups -OCH3 is 1. The van der Waals surface area contributed by atoms with Crippen molar-refractivity contribution in [2.24, 2.45) is 0 Å². The fraction of sp³-hybridized carbons (Fsp3) is 0.0769. The minimum Gasteiger partial charge on any atom is -0.468 e. The van der Waals surface area contributed by atoms with Crippen LogP contribution in [0.3, 0.4) is 0 Å². The summed E-state index contributed by atoms with van der Waals surface area (Å²) in [4.78, 5) is 0. The lowest BCUT2D eigenvalue weighted by molar-refractivity contribution is 0.303. The Balaban J connectivity index is 2.18. The molecule has 16 heavy (non-hydrogen) atoms. The first kappa shape index (κ1) is 10.8. The van der Waals surface area contributed by atoms with Gasteiger partial charge in [-0.15, -0.1) is 0 Å². The van der Waals surface area contributed by atoms with E-state index in [1.54, 1.807) is 19.2 Å². The predicted octanol–water partition coefficient (Wildman–Crippen LogP) is 3.91. The van der Waals surface area contributed by atoms with Gasteiger partial charge >= 0.3 is 0 Å². The molecule has 1 aromatic heterocycles. The quantitative estimate of drug-likeness (QED) is 0.802. The highest BCUT2D eigenvalue weighted by Crippen LogP contribution is 2.20. The smallest absolute Gasteiger partial charge is 0.284 e. The normalized spacial score (nSPS) is 10.9. The molecule has 1 aromatic carbocycles. The van der Waals surface area contributed by atoms with Gasteiger partial charge in [0.15, 0.2) is 0 Å². The minimum atomic E-state index is 0.493. The highest BCUT2D eigenvalue weighted by Gasteiger charge is 1.98. The van der Waals surface area contributed by atoms with Gasteiger partial charge in [0.2, 0.25) is 0 Å². The first-order chi connectivity index (χ1) is 7.79. The second-order valence-corrected chi connectivity index (χ2v) is 3.55. The molecule has 0 bridgehead atoms. The monoisotopic (exact) mass is 233 g/mol. The van der Waals surface area contributed by atoms with Crippen LogP contribution in [-0.4, -0.2) is 7.11 Å². The van der Waals surface area contributed by atoms with Crippen molar-refractivity contribution < 1.29 is 9.15 Å². The highest BCUT2D eigenvalue weighted by molar-refractivity contribution is 6.32. The molecule has 0 aliphatic carbocycles. The van der Waals surface area contributed by atoms with Crippen molar-refractivity contribution in [2.45, 2.75) is 0 Å². The van der Waals surface area contributed by atoms with Gasteiger partial charge in [0, 0.05) is 11.1 Å². The largest absolute Gasteiger partial charge is 0.468 e. The fourth-order valence-electron chi connectivity index (χ4n) is 1.26. The summed E-state index contributed by atoms with van der Waals surface area (Å²) in [6.45, 7) is 0. The molecule has 2 rings (SSSR count). The maximum Gasteiger partial charge on any atom is 0.284 e. The molecule has 2 aromatic rings. The number of hydrogen-bond donors (Lipinski definition) is 0. The molecule has 0 unspecified atom stereocenters. The molecule has 0 amide bonds. The van der Waals surface area contributed by atoms with Crippen LogP contribution in [0.15, 0.2) is 34.7 Å². The number of furan rings is 1. The topological polar surface area (TPSA) is 22.4 Å². The Bertz CT molecular complexity index is 500. The van der Waals surface area contributed by atoms with E-state index in [-0.39, 0.29) is 0 Å².